The van der Waals surface area contributed by atoms with Crippen LogP contribution in [0.15, 0.2) is 18.2 Å². The van der Waals surface area contributed by atoms with Gasteiger partial charge in [0.1, 0.15) is 0 Å². The molecule has 1 unspecified atom stereocenters. The standard InChI is InChI=1S/C14H20ClN3O/c1-10-4-2-3-7-18(10)9-14(19)17-13-6-5-11(16)8-12(13)15/h5-6,8,10H,2-4,7,9,16H2,1H3,(H,17,19). The van der Waals surface area contributed by atoms with Gasteiger partial charge in [-0.1, -0.05) is 18.0 Å². The second kappa shape index (κ2) is 6.26. The summed E-state index contributed by atoms with van der Waals surface area (Å²) in [6, 6.07) is 5.57. The Morgan fingerprint density at radius 3 is 3.00 bits per heavy atom. The zero-order valence-corrected chi connectivity index (χ0v) is 11.9. The molecule has 104 valence electrons. The Balaban J connectivity index is 1.93. The first-order valence-corrected chi connectivity index (χ1v) is 7.03. The number of benzene rings is 1. The molecule has 0 saturated carbocycles. The van der Waals surface area contributed by atoms with Crippen molar-refractivity contribution in [2.45, 2.75) is 32.2 Å². The van der Waals surface area contributed by atoms with Crippen LogP contribution in [0.2, 0.25) is 5.02 Å². The van der Waals surface area contributed by atoms with Crippen LogP contribution in [0.5, 0.6) is 0 Å². The highest BCUT2D eigenvalue weighted by Gasteiger charge is 2.20. The van der Waals surface area contributed by atoms with Crippen LogP contribution in [0, 0.1) is 0 Å². The summed E-state index contributed by atoms with van der Waals surface area (Å²) in [4.78, 5) is 14.2. The van der Waals surface area contributed by atoms with Gasteiger partial charge in [0.25, 0.3) is 0 Å². The van der Waals surface area contributed by atoms with Crippen LogP contribution in [-0.4, -0.2) is 29.9 Å². The van der Waals surface area contributed by atoms with Crippen molar-refractivity contribution in [1.82, 2.24) is 4.90 Å². The molecule has 0 radical (unpaired) electrons. The number of nitrogens with zero attached hydrogens (tertiary/aromatic N) is 1. The molecule has 1 amide bonds. The number of hydrogen-bond donors (Lipinski definition) is 2. The van der Waals surface area contributed by atoms with Crippen molar-refractivity contribution >= 4 is 28.9 Å². The van der Waals surface area contributed by atoms with E-state index in [9.17, 15) is 4.79 Å². The molecule has 0 aromatic heterocycles. The molecule has 1 aliphatic rings. The Hall–Kier alpha value is -1.26. The zero-order chi connectivity index (χ0) is 13.8. The monoisotopic (exact) mass is 281 g/mol. The topological polar surface area (TPSA) is 58.4 Å². The lowest BCUT2D eigenvalue weighted by molar-refractivity contribution is -0.118. The third-order valence-corrected chi connectivity index (χ3v) is 3.87. The van der Waals surface area contributed by atoms with Gasteiger partial charge in [0, 0.05) is 11.7 Å². The molecule has 19 heavy (non-hydrogen) atoms. The first kappa shape index (κ1) is 14.2. The van der Waals surface area contributed by atoms with Crippen LogP contribution < -0.4 is 11.1 Å². The molecular weight excluding hydrogens is 262 g/mol. The Morgan fingerprint density at radius 1 is 1.53 bits per heavy atom. The van der Waals surface area contributed by atoms with E-state index in [1.54, 1.807) is 18.2 Å². The summed E-state index contributed by atoms with van der Waals surface area (Å²) >= 11 is 6.04. The van der Waals surface area contributed by atoms with Gasteiger partial charge >= 0.3 is 0 Å². The summed E-state index contributed by atoms with van der Waals surface area (Å²) in [6.45, 7) is 3.58. The zero-order valence-electron chi connectivity index (χ0n) is 11.2. The van der Waals surface area contributed by atoms with Gasteiger partial charge in [-0.25, -0.2) is 0 Å². The number of amides is 1. The van der Waals surface area contributed by atoms with Gasteiger partial charge in [-0.2, -0.15) is 0 Å². The lowest BCUT2D eigenvalue weighted by Crippen LogP contribution is -2.42. The van der Waals surface area contributed by atoms with Crippen LogP contribution in [-0.2, 0) is 4.79 Å². The van der Waals surface area contributed by atoms with E-state index in [0.29, 0.717) is 29.0 Å². The Bertz CT molecular complexity index is 464. The molecule has 3 N–H and O–H groups in total. The Labute approximate surface area is 118 Å². The van der Waals surface area contributed by atoms with E-state index in [-0.39, 0.29) is 5.91 Å². The number of hydrogen-bond acceptors (Lipinski definition) is 3. The fourth-order valence-corrected chi connectivity index (χ4v) is 2.64. The van der Waals surface area contributed by atoms with Crippen LogP contribution >= 0.6 is 11.6 Å². The van der Waals surface area contributed by atoms with Crippen LogP contribution in [0.1, 0.15) is 26.2 Å². The molecule has 1 saturated heterocycles. The summed E-state index contributed by atoms with van der Waals surface area (Å²) in [5.41, 5.74) is 6.83. The molecule has 1 aromatic rings. The quantitative estimate of drug-likeness (QED) is 0.838. The lowest BCUT2D eigenvalue weighted by Gasteiger charge is -2.32. The normalized spacial score (nSPS) is 20.2. The van der Waals surface area contributed by atoms with Crippen molar-refractivity contribution in [3.63, 3.8) is 0 Å². The van der Waals surface area contributed by atoms with Crippen molar-refractivity contribution in [3.05, 3.63) is 23.2 Å². The van der Waals surface area contributed by atoms with Crippen molar-refractivity contribution in [3.8, 4) is 0 Å². The number of likely N-dealkylation sites (tertiary alicyclic amines) is 1. The maximum Gasteiger partial charge on any atom is 0.238 e. The van der Waals surface area contributed by atoms with Crippen LogP contribution in [0.25, 0.3) is 0 Å². The maximum absolute atomic E-state index is 12.0. The summed E-state index contributed by atoms with van der Waals surface area (Å²) in [7, 11) is 0. The smallest absolute Gasteiger partial charge is 0.238 e. The van der Waals surface area contributed by atoms with E-state index in [4.69, 9.17) is 17.3 Å². The van der Waals surface area contributed by atoms with Gasteiger partial charge < -0.3 is 11.1 Å². The summed E-state index contributed by atoms with van der Waals surface area (Å²) in [5, 5.41) is 3.31. The molecule has 0 bridgehead atoms. The maximum atomic E-state index is 12.0. The second-order valence-corrected chi connectivity index (χ2v) is 5.51. The van der Waals surface area contributed by atoms with Gasteiger partial charge in [0.15, 0.2) is 0 Å². The molecule has 0 spiro atoms. The van der Waals surface area contributed by atoms with Gasteiger partial charge in [-0.3, -0.25) is 9.69 Å². The molecule has 4 nitrogen and oxygen atoms in total. The molecule has 0 aliphatic carbocycles. The largest absolute Gasteiger partial charge is 0.399 e. The Kier molecular flexibility index (Phi) is 4.66. The summed E-state index contributed by atoms with van der Waals surface area (Å²) in [6.07, 6.45) is 3.58. The molecule has 1 atom stereocenters. The Morgan fingerprint density at radius 2 is 2.32 bits per heavy atom. The predicted octanol–water partition coefficient (Wildman–Crippen LogP) is 2.74. The first-order chi connectivity index (χ1) is 9.06. The van der Waals surface area contributed by atoms with E-state index in [1.165, 1.54) is 12.8 Å². The van der Waals surface area contributed by atoms with Crippen LogP contribution in [0.4, 0.5) is 11.4 Å². The molecule has 2 rings (SSSR count). The summed E-state index contributed by atoms with van der Waals surface area (Å²) in [5.74, 6) is -0.0274. The highest BCUT2D eigenvalue weighted by molar-refractivity contribution is 6.34. The fourth-order valence-electron chi connectivity index (χ4n) is 2.40. The predicted molar refractivity (Wildman–Crippen MR) is 79.4 cm³/mol. The third-order valence-electron chi connectivity index (χ3n) is 3.55. The first-order valence-electron chi connectivity index (χ1n) is 6.65. The van der Waals surface area contributed by atoms with Crippen molar-refractivity contribution in [2.24, 2.45) is 0 Å². The number of nitrogens with one attached hydrogen (secondary N) is 1. The average molecular weight is 282 g/mol. The van der Waals surface area contributed by atoms with E-state index in [0.717, 1.165) is 13.0 Å². The molecular formula is C14H20ClN3O. The molecule has 5 heteroatoms. The number of rotatable bonds is 3. The van der Waals surface area contributed by atoms with Crippen molar-refractivity contribution in [2.75, 3.05) is 24.1 Å². The molecule has 1 heterocycles. The minimum absolute atomic E-state index is 0.0274. The van der Waals surface area contributed by atoms with Gasteiger partial charge in [-0.15, -0.1) is 0 Å². The number of piperidine rings is 1. The number of nitrogen functional groups attached to an aromatic ring is 1. The van der Waals surface area contributed by atoms with E-state index < -0.39 is 0 Å². The van der Waals surface area contributed by atoms with E-state index in [1.807, 2.05) is 0 Å². The number of carbonyl (C=O) groups excluding carboxylic acids is 1. The number of anilines is 2. The second-order valence-electron chi connectivity index (χ2n) is 5.10. The number of carbonyl (C=O) groups is 1. The lowest BCUT2D eigenvalue weighted by atomic mass is 10.0. The summed E-state index contributed by atoms with van der Waals surface area (Å²) < 4.78 is 0. The highest BCUT2D eigenvalue weighted by atomic mass is 35.5. The fraction of sp³-hybridized carbons (Fsp3) is 0.500. The van der Waals surface area contributed by atoms with Crippen LogP contribution in [0.3, 0.4) is 0 Å². The SMILES string of the molecule is CC1CCCCN1CC(=O)Nc1ccc(N)cc1Cl. The minimum atomic E-state index is -0.0274. The average Bonchev–Trinajstić information content (AvgIpc) is 2.36. The molecule has 1 fully saturated rings. The van der Waals surface area contributed by atoms with Gasteiger partial charge in [0.2, 0.25) is 5.91 Å². The molecule has 1 aliphatic heterocycles. The third kappa shape index (κ3) is 3.85. The van der Waals surface area contributed by atoms with E-state index in [2.05, 4.69) is 17.1 Å². The van der Waals surface area contributed by atoms with Gasteiger partial charge in [-0.05, 0) is 44.5 Å². The molecule has 1 aromatic carbocycles. The van der Waals surface area contributed by atoms with Gasteiger partial charge in [0.05, 0.1) is 17.3 Å². The minimum Gasteiger partial charge on any atom is -0.399 e. The van der Waals surface area contributed by atoms with Crippen molar-refractivity contribution in [1.29, 1.82) is 0 Å². The number of nitrogens with two attached hydrogens (primary N) is 1. The van der Waals surface area contributed by atoms with E-state index >= 15 is 0 Å². The highest BCUT2D eigenvalue weighted by Crippen LogP contribution is 2.24. The number of halogens is 1. The van der Waals surface area contributed by atoms with Crippen molar-refractivity contribution < 1.29 is 4.79 Å².